The summed E-state index contributed by atoms with van der Waals surface area (Å²) in [6, 6.07) is 18.1. The molecule has 2 aliphatic rings. The Bertz CT molecular complexity index is 934. The molecule has 6 heteroatoms. The van der Waals surface area contributed by atoms with Crippen LogP contribution >= 0.6 is 0 Å². The topological polar surface area (TPSA) is 60.3 Å². The molecule has 162 valence electrons. The number of carbonyl (C=O) groups is 1. The lowest BCUT2D eigenvalue weighted by molar-refractivity contribution is -0.123. The van der Waals surface area contributed by atoms with Gasteiger partial charge in [-0.1, -0.05) is 43.2 Å². The fourth-order valence-corrected chi connectivity index (χ4v) is 4.47. The predicted octanol–water partition coefficient (Wildman–Crippen LogP) is 4.42. The molecule has 2 aromatic carbocycles. The van der Waals surface area contributed by atoms with E-state index < -0.39 is 0 Å². The molecule has 2 unspecified atom stereocenters. The van der Waals surface area contributed by atoms with Crippen LogP contribution in [0.3, 0.4) is 0 Å². The summed E-state index contributed by atoms with van der Waals surface area (Å²) in [5, 5.41) is 4.41. The molecule has 1 heterocycles. The van der Waals surface area contributed by atoms with Gasteiger partial charge in [0.1, 0.15) is 0 Å². The molecule has 0 aromatic heterocycles. The second-order valence-electron chi connectivity index (χ2n) is 8.05. The van der Waals surface area contributed by atoms with Crippen LogP contribution in [0.15, 0.2) is 64.7 Å². The van der Waals surface area contributed by atoms with Crippen molar-refractivity contribution in [1.29, 1.82) is 0 Å². The third-order valence-corrected chi connectivity index (χ3v) is 6.18. The summed E-state index contributed by atoms with van der Waals surface area (Å²) >= 11 is 0. The Hall–Kier alpha value is -3.15. The zero-order valence-electron chi connectivity index (χ0n) is 18.4. The first-order valence-electron chi connectivity index (χ1n) is 11.3. The molecule has 0 saturated heterocycles. The van der Waals surface area contributed by atoms with Gasteiger partial charge in [0.25, 0.3) is 0 Å². The maximum atomic E-state index is 13.3. The van der Waals surface area contributed by atoms with Crippen LogP contribution in [0.25, 0.3) is 0 Å². The first-order chi connectivity index (χ1) is 15.2. The molecule has 1 fully saturated rings. The number of benzene rings is 2. The number of guanidine groups is 1. The third-order valence-electron chi connectivity index (χ3n) is 6.18. The lowest BCUT2D eigenvalue weighted by Crippen LogP contribution is -2.54. The molecule has 0 radical (unpaired) electrons. The van der Waals surface area contributed by atoms with Gasteiger partial charge in [-0.3, -0.25) is 4.79 Å². The Balaban J connectivity index is 1.53. The third kappa shape index (κ3) is 4.63. The molecule has 31 heavy (non-hydrogen) atoms. The molecule has 0 bridgehead atoms. The highest BCUT2D eigenvalue weighted by Gasteiger charge is 2.40. The Labute approximate surface area is 184 Å². The first-order valence-corrected chi connectivity index (χ1v) is 11.3. The van der Waals surface area contributed by atoms with Gasteiger partial charge in [-0.25, -0.2) is 15.3 Å². The Morgan fingerprint density at radius 3 is 2.48 bits per heavy atom. The monoisotopic (exact) mass is 417 g/mol. The highest BCUT2D eigenvalue weighted by molar-refractivity contribution is 6.18. The van der Waals surface area contributed by atoms with Gasteiger partial charge in [0.15, 0.2) is 0 Å². The Morgan fingerprint density at radius 2 is 1.77 bits per heavy atom. The molecule has 1 N–H and O–H groups in total. The van der Waals surface area contributed by atoms with E-state index in [2.05, 4.69) is 53.5 Å². The number of nitrogens with one attached hydrogen (secondary N) is 1. The molecule has 0 spiro atoms. The Kier molecular flexibility index (Phi) is 6.65. The minimum Gasteiger partial charge on any atom is -0.372 e. The highest BCUT2D eigenvalue weighted by Crippen LogP contribution is 2.33. The van der Waals surface area contributed by atoms with Gasteiger partial charge in [0, 0.05) is 18.8 Å². The van der Waals surface area contributed by atoms with Crippen molar-refractivity contribution in [3.63, 3.8) is 0 Å². The number of amides is 1. The van der Waals surface area contributed by atoms with Gasteiger partial charge in [0.05, 0.1) is 23.9 Å². The van der Waals surface area contributed by atoms with Crippen LogP contribution in [0, 0.1) is 5.92 Å². The maximum Gasteiger partial charge on any atom is 0.239 e. The summed E-state index contributed by atoms with van der Waals surface area (Å²) in [5.41, 5.74) is 6.07. The van der Waals surface area contributed by atoms with Crippen LogP contribution < -0.4 is 15.2 Å². The average molecular weight is 418 g/mol. The zero-order chi connectivity index (χ0) is 21.6. The second-order valence-corrected chi connectivity index (χ2v) is 8.05. The van der Waals surface area contributed by atoms with E-state index in [9.17, 15) is 4.79 Å². The van der Waals surface area contributed by atoms with E-state index in [1.165, 1.54) is 5.69 Å². The summed E-state index contributed by atoms with van der Waals surface area (Å²) in [4.78, 5) is 22.2. The van der Waals surface area contributed by atoms with Gasteiger partial charge < -0.3 is 4.90 Å². The predicted molar refractivity (Wildman–Crippen MR) is 128 cm³/mol. The van der Waals surface area contributed by atoms with Crippen molar-refractivity contribution in [1.82, 2.24) is 5.43 Å². The van der Waals surface area contributed by atoms with Crippen molar-refractivity contribution in [2.24, 2.45) is 16.0 Å². The van der Waals surface area contributed by atoms with Crippen molar-refractivity contribution in [3.05, 3.63) is 60.2 Å². The van der Waals surface area contributed by atoms with E-state index in [0.717, 1.165) is 50.0 Å². The minimum atomic E-state index is -0.0314. The number of anilines is 2. The van der Waals surface area contributed by atoms with Gasteiger partial charge in [-0.2, -0.15) is 5.10 Å². The largest absolute Gasteiger partial charge is 0.372 e. The maximum absolute atomic E-state index is 13.3. The van der Waals surface area contributed by atoms with Crippen LogP contribution in [-0.2, 0) is 4.79 Å². The SMILES string of the molecule is CCN(CC)c1ccc(/C=N/NC2=NC3CCCCC3C(=O)N2c2ccccc2)cc1. The highest BCUT2D eigenvalue weighted by atomic mass is 16.2. The van der Waals surface area contributed by atoms with E-state index in [1.807, 2.05) is 30.3 Å². The van der Waals surface area contributed by atoms with E-state index in [0.29, 0.717) is 5.96 Å². The van der Waals surface area contributed by atoms with Crippen molar-refractivity contribution < 1.29 is 4.79 Å². The fourth-order valence-electron chi connectivity index (χ4n) is 4.47. The standard InChI is InChI=1S/C25H31N5O/c1-3-29(4-2)20-16-14-19(15-17-20)18-26-28-25-27-23-13-9-8-12-22(23)24(31)30(25)21-10-6-5-7-11-21/h5-7,10-11,14-18,22-23H,3-4,8-9,12-13H2,1-2H3,(H,27,28)/b26-18+. The summed E-state index contributed by atoms with van der Waals surface area (Å²) in [6.45, 7) is 6.28. The molecule has 4 rings (SSSR count). The quantitative estimate of drug-likeness (QED) is 0.559. The fraction of sp³-hybridized carbons (Fsp3) is 0.400. The molecule has 1 saturated carbocycles. The Morgan fingerprint density at radius 1 is 1.06 bits per heavy atom. The van der Waals surface area contributed by atoms with E-state index >= 15 is 0 Å². The smallest absolute Gasteiger partial charge is 0.239 e. The number of rotatable bonds is 6. The molecular formula is C25H31N5O. The van der Waals surface area contributed by atoms with Crippen LogP contribution in [-0.4, -0.2) is 37.2 Å². The normalized spacial score (nSPS) is 21.0. The summed E-state index contributed by atoms with van der Waals surface area (Å²) in [5.74, 6) is 0.596. The number of fused-ring (bicyclic) bond motifs is 1. The van der Waals surface area contributed by atoms with Crippen molar-refractivity contribution in [2.75, 3.05) is 22.9 Å². The number of aliphatic imine (C=N–C) groups is 1. The average Bonchev–Trinajstić information content (AvgIpc) is 2.82. The number of hydrazone groups is 1. The van der Waals surface area contributed by atoms with Gasteiger partial charge in [-0.15, -0.1) is 0 Å². The lowest BCUT2D eigenvalue weighted by atomic mass is 9.83. The summed E-state index contributed by atoms with van der Waals surface area (Å²) in [7, 11) is 0. The number of hydrogen-bond donors (Lipinski definition) is 1. The molecule has 2 aromatic rings. The molecule has 1 amide bonds. The number of carbonyl (C=O) groups excluding carboxylic acids is 1. The summed E-state index contributed by atoms with van der Waals surface area (Å²) < 4.78 is 0. The van der Waals surface area contributed by atoms with Crippen LogP contribution in [0.4, 0.5) is 11.4 Å². The van der Waals surface area contributed by atoms with Crippen LogP contribution in [0.5, 0.6) is 0 Å². The van der Waals surface area contributed by atoms with Crippen molar-refractivity contribution in [3.8, 4) is 0 Å². The van der Waals surface area contributed by atoms with Crippen LogP contribution in [0.1, 0.15) is 45.1 Å². The summed E-state index contributed by atoms with van der Waals surface area (Å²) in [6.07, 6.45) is 5.86. The number of hydrogen-bond acceptors (Lipinski definition) is 5. The number of nitrogens with zero attached hydrogens (tertiary/aromatic N) is 4. The van der Waals surface area contributed by atoms with Gasteiger partial charge in [-0.05, 0) is 56.5 Å². The van der Waals surface area contributed by atoms with E-state index in [-0.39, 0.29) is 17.9 Å². The molecular weight excluding hydrogens is 386 g/mol. The van der Waals surface area contributed by atoms with E-state index in [1.54, 1.807) is 11.1 Å². The molecule has 2 atom stereocenters. The minimum absolute atomic E-state index is 0.0314. The van der Waals surface area contributed by atoms with Crippen molar-refractivity contribution >= 4 is 29.5 Å². The van der Waals surface area contributed by atoms with Crippen LogP contribution in [0.2, 0.25) is 0 Å². The second kappa shape index (κ2) is 9.77. The molecule has 1 aliphatic carbocycles. The van der Waals surface area contributed by atoms with Gasteiger partial charge in [0.2, 0.25) is 11.9 Å². The zero-order valence-corrected chi connectivity index (χ0v) is 18.4. The number of para-hydroxylation sites is 1. The van der Waals surface area contributed by atoms with Gasteiger partial charge >= 0.3 is 0 Å². The molecule has 1 aliphatic heterocycles. The molecule has 6 nitrogen and oxygen atoms in total. The van der Waals surface area contributed by atoms with E-state index in [4.69, 9.17) is 4.99 Å². The lowest BCUT2D eigenvalue weighted by Gasteiger charge is -2.38. The van der Waals surface area contributed by atoms with Crippen molar-refractivity contribution in [2.45, 2.75) is 45.6 Å². The first kappa shape index (κ1) is 21.1.